The zero-order valence-corrected chi connectivity index (χ0v) is 12.2. The third-order valence-corrected chi connectivity index (χ3v) is 4.93. The fourth-order valence-electron chi connectivity index (χ4n) is 2.68. The average Bonchev–Trinajstić information content (AvgIpc) is 2.83. The number of carbonyl (C=O) groups is 1. The zero-order chi connectivity index (χ0) is 14.1. The molecule has 0 aromatic carbocycles. The second kappa shape index (κ2) is 5.36. The molecule has 1 aliphatic carbocycles. The number of fused-ring (bicyclic) bond motifs is 3. The lowest BCUT2D eigenvalue weighted by atomic mass is 9.97. The quantitative estimate of drug-likeness (QED) is 0.901. The Labute approximate surface area is 120 Å². The molecule has 2 aromatic rings. The minimum Gasteiger partial charge on any atom is -0.359 e. The molecule has 0 spiro atoms. The minimum absolute atomic E-state index is 0.0433. The summed E-state index contributed by atoms with van der Waals surface area (Å²) in [6.07, 6.45) is 5.20. The van der Waals surface area contributed by atoms with E-state index in [0.717, 1.165) is 29.5 Å². The maximum atomic E-state index is 12.3. The molecule has 1 amide bonds. The number of hydrogen-bond acceptors (Lipinski definition) is 4. The monoisotopic (exact) mass is 291 g/mol. The molecule has 5 nitrogen and oxygen atoms in total. The van der Waals surface area contributed by atoms with Gasteiger partial charge in [0.2, 0.25) is 5.91 Å². The van der Waals surface area contributed by atoms with E-state index in [1.54, 1.807) is 18.4 Å². The molecular weight excluding hydrogens is 274 g/mol. The van der Waals surface area contributed by atoms with Gasteiger partial charge in [-0.2, -0.15) is 0 Å². The molecule has 0 bridgehead atoms. The molecule has 2 N–H and O–H groups in total. The van der Waals surface area contributed by atoms with Crippen LogP contribution in [0.15, 0.2) is 4.79 Å². The fourth-order valence-corrected chi connectivity index (χ4v) is 3.96. The van der Waals surface area contributed by atoms with Gasteiger partial charge < -0.3 is 10.3 Å². The summed E-state index contributed by atoms with van der Waals surface area (Å²) < 4.78 is 0. The zero-order valence-electron chi connectivity index (χ0n) is 11.4. The first-order valence-electron chi connectivity index (χ1n) is 6.93. The summed E-state index contributed by atoms with van der Waals surface area (Å²) in [4.78, 5) is 33.0. The van der Waals surface area contributed by atoms with Crippen molar-refractivity contribution >= 4 is 27.5 Å². The number of nitrogens with one attached hydrogen (secondary N) is 2. The van der Waals surface area contributed by atoms with Crippen LogP contribution in [-0.4, -0.2) is 22.9 Å². The van der Waals surface area contributed by atoms with Crippen molar-refractivity contribution in [1.82, 2.24) is 15.3 Å². The van der Waals surface area contributed by atoms with Crippen LogP contribution in [0.25, 0.3) is 10.2 Å². The summed E-state index contributed by atoms with van der Waals surface area (Å²) in [5.74, 6) is 0.558. The number of rotatable bonds is 3. The van der Waals surface area contributed by atoms with Crippen molar-refractivity contribution in [2.24, 2.45) is 0 Å². The Morgan fingerprint density at radius 2 is 2.20 bits per heavy atom. The maximum absolute atomic E-state index is 12.3. The number of thiophene rings is 1. The third-order valence-electron chi connectivity index (χ3n) is 3.74. The molecule has 0 atom stereocenters. The Bertz CT molecular complexity index is 717. The molecule has 2 aromatic heterocycles. The highest BCUT2D eigenvalue weighted by molar-refractivity contribution is 7.18. The van der Waals surface area contributed by atoms with Crippen LogP contribution in [0.5, 0.6) is 0 Å². The Balaban J connectivity index is 1.98. The standard InChI is InChI=1S/C14H17N3O2S/c1-15-11(18)7-6-10-16-13(19)12-8-4-2-3-5-9(8)20-14(12)17-10/h2-7H2,1H3,(H,15,18)(H,16,17,19). The van der Waals surface area contributed by atoms with E-state index in [-0.39, 0.29) is 11.5 Å². The second-order valence-electron chi connectivity index (χ2n) is 5.08. The topological polar surface area (TPSA) is 74.8 Å². The van der Waals surface area contributed by atoms with Crippen molar-refractivity contribution in [2.75, 3.05) is 7.05 Å². The van der Waals surface area contributed by atoms with E-state index >= 15 is 0 Å². The van der Waals surface area contributed by atoms with Gasteiger partial charge in [-0.3, -0.25) is 9.59 Å². The van der Waals surface area contributed by atoms with Gasteiger partial charge in [-0.05, 0) is 31.2 Å². The summed E-state index contributed by atoms with van der Waals surface area (Å²) in [7, 11) is 1.61. The number of H-pyrrole nitrogens is 1. The Kier molecular flexibility index (Phi) is 3.56. The lowest BCUT2D eigenvalue weighted by Gasteiger charge is -2.09. The van der Waals surface area contributed by atoms with Gasteiger partial charge >= 0.3 is 0 Å². The van der Waals surface area contributed by atoms with Crippen LogP contribution in [-0.2, 0) is 24.1 Å². The van der Waals surface area contributed by atoms with Crippen molar-refractivity contribution in [1.29, 1.82) is 0 Å². The summed E-state index contributed by atoms with van der Waals surface area (Å²) in [6, 6.07) is 0. The highest BCUT2D eigenvalue weighted by atomic mass is 32.1. The van der Waals surface area contributed by atoms with E-state index in [0.29, 0.717) is 18.7 Å². The van der Waals surface area contributed by atoms with Crippen LogP contribution in [0.4, 0.5) is 0 Å². The van der Waals surface area contributed by atoms with Crippen LogP contribution in [0.3, 0.4) is 0 Å². The number of aromatic nitrogens is 2. The summed E-state index contributed by atoms with van der Waals surface area (Å²) in [6.45, 7) is 0. The Hall–Kier alpha value is -1.69. The van der Waals surface area contributed by atoms with Crippen molar-refractivity contribution in [2.45, 2.75) is 38.5 Å². The van der Waals surface area contributed by atoms with E-state index in [1.165, 1.54) is 16.9 Å². The Morgan fingerprint density at radius 1 is 1.40 bits per heavy atom. The van der Waals surface area contributed by atoms with Gasteiger partial charge in [0.1, 0.15) is 10.7 Å². The van der Waals surface area contributed by atoms with E-state index in [2.05, 4.69) is 15.3 Å². The van der Waals surface area contributed by atoms with Crippen LogP contribution in [0, 0.1) is 0 Å². The van der Waals surface area contributed by atoms with Crippen molar-refractivity contribution < 1.29 is 4.79 Å². The molecule has 0 aliphatic heterocycles. The minimum atomic E-state index is -0.0543. The fraction of sp³-hybridized carbons (Fsp3) is 0.500. The summed E-state index contributed by atoms with van der Waals surface area (Å²) >= 11 is 1.64. The van der Waals surface area contributed by atoms with Crippen molar-refractivity contribution in [3.05, 3.63) is 26.6 Å². The molecule has 0 saturated heterocycles. The number of hydrogen-bond donors (Lipinski definition) is 2. The summed E-state index contributed by atoms with van der Waals surface area (Å²) in [5, 5.41) is 3.34. The van der Waals surface area contributed by atoms with Gasteiger partial charge in [0, 0.05) is 24.8 Å². The predicted molar refractivity (Wildman–Crippen MR) is 79.3 cm³/mol. The molecular formula is C14H17N3O2S. The molecule has 0 saturated carbocycles. The Morgan fingerprint density at radius 3 is 3.00 bits per heavy atom. The maximum Gasteiger partial charge on any atom is 0.259 e. The smallest absolute Gasteiger partial charge is 0.259 e. The summed E-state index contributed by atoms with van der Waals surface area (Å²) in [5.41, 5.74) is 1.14. The molecule has 2 heterocycles. The molecule has 3 rings (SSSR count). The van der Waals surface area contributed by atoms with Gasteiger partial charge in [0.25, 0.3) is 5.56 Å². The number of aryl methyl sites for hydroxylation is 3. The van der Waals surface area contributed by atoms with Crippen LogP contribution in [0.2, 0.25) is 0 Å². The molecule has 0 radical (unpaired) electrons. The highest BCUT2D eigenvalue weighted by Crippen LogP contribution is 2.33. The van der Waals surface area contributed by atoms with Gasteiger partial charge in [0.05, 0.1) is 5.39 Å². The lowest BCUT2D eigenvalue weighted by molar-refractivity contribution is -0.120. The van der Waals surface area contributed by atoms with E-state index in [1.807, 2.05) is 0 Å². The van der Waals surface area contributed by atoms with Crippen LogP contribution >= 0.6 is 11.3 Å². The second-order valence-corrected chi connectivity index (χ2v) is 6.16. The third kappa shape index (κ3) is 2.35. The van der Waals surface area contributed by atoms with Gasteiger partial charge in [-0.1, -0.05) is 0 Å². The van der Waals surface area contributed by atoms with Crippen molar-refractivity contribution in [3.63, 3.8) is 0 Å². The largest absolute Gasteiger partial charge is 0.359 e. The molecule has 20 heavy (non-hydrogen) atoms. The van der Waals surface area contributed by atoms with E-state index in [4.69, 9.17) is 0 Å². The first-order chi connectivity index (χ1) is 9.69. The highest BCUT2D eigenvalue weighted by Gasteiger charge is 2.19. The van der Waals surface area contributed by atoms with Crippen LogP contribution < -0.4 is 10.9 Å². The number of amides is 1. The number of nitrogens with zero attached hydrogens (tertiary/aromatic N) is 1. The molecule has 0 fully saturated rings. The predicted octanol–water partition coefficient (Wildman–Crippen LogP) is 1.54. The first-order valence-corrected chi connectivity index (χ1v) is 7.74. The normalized spacial score (nSPS) is 14.2. The molecule has 1 aliphatic rings. The first kappa shape index (κ1) is 13.3. The lowest BCUT2D eigenvalue weighted by Crippen LogP contribution is -2.19. The SMILES string of the molecule is CNC(=O)CCc1nc2sc3c(c2c(=O)[nH]1)CCCC3. The molecule has 106 valence electrons. The van der Waals surface area contributed by atoms with Gasteiger partial charge in [-0.15, -0.1) is 11.3 Å². The van der Waals surface area contributed by atoms with E-state index in [9.17, 15) is 9.59 Å². The van der Waals surface area contributed by atoms with Gasteiger partial charge in [-0.25, -0.2) is 4.98 Å². The average molecular weight is 291 g/mol. The van der Waals surface area contributed by atoms with Crippen molar-refractivity contribution in [3.8, 4) is 0 Å². The van der Waals surface area contributed by atoms with Gasteiger partial charge in [0.15, 0.2) is 0 Å². The van der Waals surface area contributed by atoms with E-state index < -0.39 is 0 Å². The number of aromatic amines is 1. The number of carbonyl (C=O) groups excluding carboxylic acids is 1. The van der Waals surface area contributed by atoms with Crippen LogP contribution in [0.1, 0.15) is 35.5 Å². The molecule has 6 heteroatoms. The molecule has 0 unspecified atom stereocenters.